The number of amides is 1. The standard InChI is InChI=1S/C13H24N2O3/c1-17-13(6-7-18-9-13)8-15-12(16)10-4-2-3-5-11(10)14/h10-11H,2-9,14H2,1H3,(H,15,16). The fraction of sp³-hybridized carbons (Fsp3) is 0.923. The van der Waals surface area contributed by atoms with Crippen LogP contribution >= 0.6 is 0 Å². The topological polar surface area (TPSA) is 73.6 Å². The van der Waals surface area contributed by atoms with Crippen molar-refractivity contribution in [3.8, 4) is 0 Å². The highest BCUT2D eigenvalue weighted by Gasteiger charge is 2.36. The van der Waals surface area contributed by atoms with Crippen molar-refractivity contribution < 1.29 is 14.3 Å². The third kappa shape index (κ3) is 3.02. The van der Waals surface area contributed by atoms with E-state index in [1.165, 1.54) is 0 Å². The Morgan fingerprint density at radius 3 is 2.89 bits per heavy atom. The molecule has 1 amide bonds. The Bertz CT molecular complexity index is 290. The SMILES string of the molecule is COC1(CNC(=O)C2CCCCC2N)CCOC1. The van der Waals surface area contributed by atoms with Crippen LogP contribution in [-0.2, 0) is 14.3 Å². The molecule has 1 saturated carbocycles. The van der Waals surface area contributed by atoms with Gasteiger partial charge in [-0.2, -0.15) is 0 Å². The highest BCUT2D eigenvalue weighted by Crippen LogP contribution is 2.24. The molecule has 0 aromatic carbocycles. The van der Waals surface area contributed by atoms with E-state index in [-0.39, 0.29) is 23.5 Å². The monoisotopic (exact) mass is 256 g/mol. The lowest BCUT2D eigenvalue weighted by Crippen LogP contribution is -2.50. The number of hydrogen-bond donors (Lipinski definition) is 2. The van der Waals surface area contributed by atoms with Crippen LogP contribution in [-0.4, -0.2) is 44.4 Å². The maximum atomic E-state index is 12.1. The van der Waals surface area contributed by atoms with Crippen LogP contribution in [0.25, 0.3) is 0 Å². The van der Waals surface area contributed by atoms with Crippen LogP contribution in [0.3, 0.4) is 0 Å². The van der Waals surface area contributed by atoms with Gasteiger partial charge in [-0.1, -0.05) is 12.8 Å². The van der Waals surface area contributed by atoms with Gasteiger partial charge in [-0.3, -0.25) is 4.79 Å². The minimum absolute atomic E-state index is 0.0112. The number of methoxy groups -OCH3 is 1. The molecule has 1 saturated heterocycles. The van der Waals surface area contributed by atoms with E-state index in [9.17, 15) is 4.79 Å². The summed E-state index contributed by atoms with van der Waals surface area (Å²) in [5.74, 6) is 0.0421. The van der Waals surface area contributed by atoms with Crippen molar-refractivity contribution in [3.63, 3.8) is 0 Å². The summed E-state index contributed by atoms with van der Waals surface area (Å²) in [4.78, 5) is 12.1. The van der Waals surface area contributed by atoms with Gasteiger partial charge >= 0.3 is 0 Å². The molecule has 0 spiro atoms. The van der Waals surface area contributed by atoms with Crippen LogP contribution in [0.2, 0.25) is 0 Å². The van der Waals surface area contributed by atoms with Gasteiger partial charge in [0.2, 0.25) is 5.91 Å². The summed E-state index contributed by atoms with van der Waals surface area (Å²) in [6.45, 7) is 1.78. The predicted molar refractivity (Wildman–Crippen MR) is 68.1 cm³/mol. The van der Waals surface area contributed by atoms with Gasteiger partial charge in [0.05, 0.1) is 12.5 Å². The fourth-order valence-electron chi connectivity index (χ4n) is 2.83. The van der Waals surface area contributed by atoms with Crippen molar-refractivity contribution >= 4 is 5.91 Å². The normalized spacial score (nSPS) is 36.6. The molecule has 2 fully saturated rings. The van der Waals surface area contributed by atoms with Crippen molar-refractivity contribution in [3.05, 3.63) is 0 Å². The Morgan fingerprint density at radius 2 is 2.28 bits per heavy atom. The molecule has 104 valence electrons. The predicted octanol–water partition coefficient (Wildman–Crippen LogP) is 0.426. The molecule has 3 N–H and O–H groups in total. The first kappa shape index (κ1) is 13.8. The first-order valence-electron chi connectivity index (χ1n) is 6.83. The van der Waals surface area contributed by atoms with E-state index in [4.69, 9.17) is 15.2 Å². The Morgan fingerprint density at radius 1 is 1.50 bits per heavy atom. The van der Waals surface area contributed by atoms with Crippen LogP contribution in [0.5, 0.6) is 0 Å². The quantitative estimate of drug-likeness (QED) is 0.765. The first-order chi connectivity index (χ1) is 8.67. The summed E-state index contributed by atoms with van der Waals surface area (Å²) < 4.78 is 10.8. The fourth-order valence-corrected chi connectivity index (χ4v) is 2.83. The largest absolute Gasteiger partial charge is 0.378 e. The zero-order valence-electron chi connectivity index (χ0n) is 11.1. The third-order valence-corrected chi connectivity index (χ3v) is 4.24. The molecule has 0 aromatic rings. The summed E-state index contributed by atoms with van der Waals surface area (Å²) in [6, 6.07) is 0.0112. The summed E-state index contributed by atoms with van der Waals surface area (Å²) in [7, 11) is 1.67. The molecule has 1 aliphatic carbocycles. The summed E-state index contributed by atoms with van der Waals surface area (Å²) >= 11 is 0. The number of hydrogen-bond acceptors (Lipinski definition) is 4. The third-order valence-electron chi connectivity index (χ3n) is 4.24. The van der Waals surface area contributed by atoms with Crippen LogP contribution in [0, 0.1) is 5.92 Å². The van der Waals surface area contributed by atoms with Gasteiger partial charge in [-0.25, -0.2) is 0 Å². The first-order valence-corrected chi connectivity index (χ1v) is 6.83. The Hall–Kier alpha value is -0.650. The molecule has 1 aliphatic heterocycles. The smallest absolute Gasteiger partial charge is 0.224 e. The van der Waals surface area contributed by atoms with Gasteiger partial charge in [0.15, 0.2) is 0 Å². The van der Waals surface area contributed by atoms with E-state index in [2.05, 4.69) is 5.32 Å². The highest BCUT2D eigenvalue weighted by atomic mass is 16.5. The van der Waals surface area contributed by atoms with Gasteiger partial charge in [-0.05, 0) is 12.8 Å². The Balaban J connectivity index is 1.83. The van der Waals surface area contributed by atoms with Crippen LogP contribution in [0.4, 0.5) is 0 Å². The zero-order valence-corrected chi connectivity index (χ0v) is 11.1. The van der Waals surface area contributed by atoms with E-state index in [1.807, 2.05) is 0 Å². The lowest BCUT2D eigenvalue weighted by Gasteiger charge is -2.30. The number of carbonyl (C=O) groups excluding carboxylic acids is 1. The molecule has 2 rings (SSSR count). The van der Waals surface area contributed by atoms with Crippen LogP contribution < -0.4 is 11.1 Å². The van der Waals surface area contributed by atoms with E-state index in [1.54, 1.807) is 7.11 Å². The molecule has 5 nitrogen and oxygen atoms in total. The van der Waals surface area contributed by atoms with Crippen molar-refractivity contribution in [1.82, 2.24) is 5.32 Å². The average Bonchev–Trinajstić information content (AvgIpc) is 2.86. The Kier molecular flexibility index (Phi) is 4.59. The summed E-state index contributed by atoms with van der Waals surface area (Å²) in [5, 5.41) is 2.99. The second-order valence-corrected chi connectivity index (χ2v) is 5.46. The molecule has 0 bridgehead atoms. The van der Waals surface area contributed by atoms with Gasteiger partial charge in [0.25, 0.3) is 0 Å². The minimum atomic E-state index is -0.339. The maximum Gasteiger partial charge on any atom is 0.224 e. The molecular formula is C13H24N2O3. The van der Waals surface area contributed by atoms with Gasteiger partial charge in [-0.15, -0.1) is 0 Å². The molecule has 5 heteroatoms. The number of ether oxygens (including phenoxy) is 2. The molecular weight excluding hydrogens is 232 g/mol. The Labute approximate surface area is 108 Å². The lowest BCUT2D eigenvalue weighted by molar-refractivity contribution is -0.128. The average molecular weight is 256 g/mol. The molecule has 3 unspecified atom stereocenters. The van der Waals surface area contributed by atoms with Crippen molar-refractivity contribution in [2.24, 2.45) is 11.7 Å². The van der Waals surface area contributed by atoms with Crippen LogP contribution in [0.15, 0.2) is 0 Å². The van der Waals surface area contributed by atoms with E-state index >= 15 is 0 Å². The lowest BCUT2D eigenvalue weighted by atomic mass is 9.84. The van der Waals surface area contributed by atoms with Crippen molar-refractivity contribution in [2.75, 3.05) is 26.9 Å². The van der Waals surface area contributed by atoms with Gasteiger partial charge in [0, 0.05) is 32.7 Å². The molecule has 0 radical (unpaired) electrons. The second-order valence-electron chi connectivity index (χ2n) is 5.46. The van der Waals surface area contributed by atoms with E-state index < -0.39 is 0 Å². The van der Waals surface area contributed by atoms with E-state index in [0.29, 0.717) is 19.8 Å². The van der Waals surface area contributed by atoms with Crippen molar-refractivity contribution in [1.29, 1.82) is 0 Å². The number of nitrogens with one attached hydrogen (secondary N) is 1. The zero-order chi connectivity index (χ0) is 13.0. The van der Waals surface area contributed by atoms with Crippen LogP contribution in [0.1, 0.15) is 32.1 Å². The summed E-state index contributed by atoms with van der Waals surface area (Å²) in [6.07, 6.45) is 4.94. The maximum absolute atomic E-state index is 12.1. The summed E-state index contributed by atoms with van der Waals surface area (Å²) in [5.41, 5.74) is 5.67. The molecule has 18 heavy (non-hydrogen) atoms. The van der Waals surface area contributed by atoms with Gasteiger partial charge in [0.1, 0.15) is 5.60 Å². The van der Waals surface area contributed by atoms with Gasteiger partial charge < -0.3 is 20.5 Å². The molecule has 0 aromatic heterocycles. The second kappa shape index (κ2) is 5.99. The number of rotatable bonds is 4. The number of carbonyl (C=O) groups is 1. The highest BCUT2D eigenvalue weighted by molar-refractivity contribution is 5.79. The molecule has 3 atom stereocenters. The molecule has 1 heterocycles. The van der Waals surface area contributed by atoms with Crippen molar-refractivity contribution in [2.45, 2.75) is 43.7 Å². The number of nitrogens with two attached hydrogens (primary N) is 1. The minimum Gasteiger partial charge on any atom is -0.378 e. The van der Waals surface area contributed by atoms with E-state index in [0.717, 1.165) is 32.1 Å². The molecule has 2 aliphatic rings.